The molecule has 1 heterocycles. The first-order chi connectivity index (χ1) is 10.4. The highest BCUT2D eigenvalue weighted by Gasteiger charge is 2.19. The van der Waals surface area contributed by atoms with Gasteiger partial charge >= 0.3 is 5.82 Å². The standard InChI is InChI=1S/C12H11ClN4O5/c1-2-15-11(14-6-12(15)17(20)21)7-22-10-4-3-8(16(18)19)5-9(10)13/h3-6H,2,7H2,1H3. The predicted octanol–water partition coefficient (Wildman–Crippen LogP) is 2.95. The highest BCUT2D eigenvalue weighted by atomic mass is 35.5. The van der Waals surface area contributed by atoms with Crippen LogP contribution >= 0.6 is 11.6 Å². The van der Waals surface area contributed by atoms with E-state index in [9.17, 15) is 20.2 Å². The van der Waals surface area contributed by atoms with E-state index in [0.717, 1.165) is 6.20 Å². The third kappa shape index (κ3) is 3.14. The lowest BCUT2D eigenvalue weighted by molar-refractivity contribution is -0.392. The van der Waals surface area contributed by atoms with Crippen LogP contribution in [0, 0.1) is 20.2 Å². The molecular formula is C12H11ClN4O5. The van der Waals surface area contributed by atoms with E-state index in [0.29, 0.717) is 12.4 Å². The van der Waals surface area contributed by atoms with Crippen LogP contribution in [0.15, 0.2) is 24.4 Å². The van der Waals surface area contributed by atoms with Gasteiger partial charge in [0, 0.05) is 12.1 Å². The van der Waals surface area contributed by atoms with Gasteiger partial charge in [0.2, 0.25) is 5.82 Å². The number of nitro benzene ring substituents is 1. The van der Waals surface area contributed by atoms with Crippen LogP contribution < -0.4 is 4.74 Å². The van der Waals surface area contributed by atoms with Crippen molar-refractivity contribution in [1.82, 2.24) is 9.55 Å². The van der Waals surface area contributed by atoms with Crippen molar-refractivity contribution >= 4 is 23.1 Å². The van der Waals surface area contributed by atoms with Crippen molar-refractivity contribution in [2.24, 2.45) is 0 Å². The number of rotatable bonds is 6. The number of hydrogen-bond donors (Lipinski definition) is 0. The predicted molar refractivity (Wildman–Crippen MR) is 77.0 cm³/mol. The van der Waals surface area contributed by atoms with Gasteiger partial charge in [0.15, 0.2) is 6.61 Å². The molecule has 0 saturated heterocycles. The molecule has 0 saturated carbocycles. The fraction of sp³-hybridized carbons (Fsp3) is 0.250. The van der Waals surface area contributed by atoms with Crippen LogP contribution in [0.1, 0.15) is 12.7 Å². The van der Waals surface area contributed by atoms with E-state index in [1.54, 1.807) is 6.92 Å². The molecular weight excluding hydrogens is 316 g/mol. The lowest BCUT2D eigenvalue weighted by Crippen LogP contribution is -2.08. The molecule has 1 aromatic heterocycles. The van der Waals surface area contributed by atoms with Gasteiger partial charge < -0.3 is 14.9 Å². The quantitative estimate of drug-likeness (QED) is 0.595. The highest BCUT2D eigenvalue weighted by molar-refractivity contribution is 6.32. The molecule has 9 nitrogen and oxygen atoms in total. The minimum atomic E-state index is -0.567. The summed E-state index contributed by atoms with van der Waals surface area (Å²) in [5.74, 6) is 0.472. The van der Waals surface area contributed by atoms with E-state index < -0.39 is 9.85 Å². The van der Waals surface area contributed by atoms with Crippen LogP contribution in [0.5, 0.6) is 5.75 Å². The van der Waals surface area contributed by atoms with Crippen molar-refractivity contribution in [2.75, 3.05) is 0 Å². The molecule has 2 aromatic rings. The Balaban J connectivity index is 2.17. The van der Waals surface area contributed by atoms with Gasteiger partial charge in [0.25, 0.3) is 5.69 Å². The van der Waals surface area contributed by atoms with Crippen molar-refractivity contribution < 1.29 is 14.6 Å². The van der Waals surface area contributed by atoms with Crippen molar-refractivity contribution in [3.05, 3.63) is 55.5 Å². The summed E-state index contributed by atoms with van der Waals surface area (Å²) >= 11 is 5.90. The average Bonchev–Trinajstić information content (AvgIpc) is 2.88. The van der Waals surface area contributed by atoms with Crippen molar-refractivity contribution in [3.8, 4) is 5.75 Å². The van der Waals surface area contributed by atoms with Crippen LogP contribution in [0.4, 0.5) is 11.5 Å². The van der Waals surface area contributed by atoms with Crippen molar-refractivity contribution in [3.63, 3.8) is 0 Å². The Morgan fingerprint density at radius 3 is 2.59 bits per heavy atom. The summed E-state index contributed by atoms with van der Waals surface area (Å²) in [6, 6.07) is 3.80. The first-order valence-electron chi connectivity index (χ1n) is 6.19. The molecule has 0 atom stereocenters. The monoisotopic (exact) mass is 326 g/mol. The largest absolute Gasteiger partial charge is 0.482 e. The summed E-state index contributed by atoms with van der Waals surface area (Å²) in [4.78, 5) is 24.3. The van der Waals surface area contributed by atoms with Gasteiger partial charge in [-0.3, -0.25) is 10.1 Å². The van der Waals surface area contributed by atoms with E-state index in [1.165, 1.54) is 22.8 Å². The number of nitro groups is 2. The zero-order valence-corrected chi connectivity index (χ0v) is 12.2. The van der Waals surface area contributed by atoms with Gasteiger partial charge in [-0.1, -0.05) is 11.6 Å². The lowest BCUT2D eigenvalue weighted by Gasteiger charge is -2.07. The Morgan fingerprint density at radius 1 is 1.32 bits per heavy atom. The fourth-order valence-electron chi connectivity index (χ4n) is 1.87. The Bertz CT molecular complexity index is 730. The van der Waals surface area contributed by atoms with Crippen LogP contribution in [-0.2, 0) is 13.2 Å². The summed E-state index contributed by atoms with van der Waals surface area (Å²) in [7, 11) is 0. The summed E-state index contributed by atoms with van der Waals surface area (Å²) in [6.07, 6.45) is 1.15. The molecule has 0 aliphatic carbocycles. The number of aromatic nitrogens is 2. The van der Waals surface area contributed by atoms with E-state index in [1.807, 2.05) is 0 Å². The SMILES string of the molecule is CCn1c([N+](=O)[O-])cnc1COc1ccc([N+](=O)[O-])cc1Cl. The number of ether oxygens (including phenoxy) is 1. The van der Waals surface area contributed by atoms with Gasteiger partial charge in [0.05, 0.1) is 16.5 Å². The summed E-state index contributed by atoms with van der Waals surface area (Å²) in [5, 5.41) is 21.5. The first kappa shape index (κ1) is 15.7. The third-order valence-electron chi connectivity index (χ3n) is 2.90. The summed E-state index contributed by atoms with van der Waals surface area (Å²) in [5.41, 5.74) is -0.150. The third-order valence-corrected chi connectivity index (χ3v) is 3.20. The molecule has 0 N–H and O–H groups in total. The maximum atomic E-state index is 10.8. The van der Waals surface area contributed by atoms with E-state index in [2.05, 4.69) is 4.98 Å². The van der Waals surface area contributed by atoms with E-state index >= 15 is 0 Å². The molecule has 2 rings (SSSR count). The molecule has 116 valence electrons. The molecule has 0 bridgehead atoms. The van der Waals surface area contributed by atoms with Gasteiger partial charge in [-0.25, -0.2) is 9.55 Å². The lowest BCUT2D eigenvalue weighted by atomic mass is 10.3. The zero-order valence-electron chi connectivity index (χ0n) is 11.4. The smallest absolute Gasteiger partial charge is 0.342 e. The second kappa shape index (κ2) is 6.39. The molecule has 0 aliphatic heterocycles. The average molecular weight is 327 g/mol. The van der Waals surface area contributed by atoms with Gasteiger partial charge in [0.1, 0.15) is 11.9 Å². The molecule has 0 unspecified atom stereocenters. The maximum Gasteiger partial charge on any atom is 0.342 e. The molecule has 1 aromatic carbocycles. The van der Waals surface area contributed by atoms with Crippen LogP contribution in [0.2, 0.25) is 5.02 Å². The second-order valence-corrected chi connectivity index (χ2v) is 4.60. The first-order valence-corrected chi connectivity index (χ1v) is 6.57. The number of hydrogen-bond acceptors (Lipinski definition) is 6. The topological polar surface area (TPSA) is 113 Å². The van der Waals surface area contributed by atoms with Gasteiger partial charge in [-0.05, 0) is 17.9 Å². The summed E-state index contributed by atoms with van der Waals surface area (Å²) < 4.78 is 6.83. The minimum Gasteiger partial charge on any atom is -0.482 e. The van der Waals surface area contributed by atoms with Crippen LogP contribution in [0.3, 0.4) is 0 Å². The number of non-ortho nitro benzene ring substituents is 1. The van der Waals surface area contributed by atoms with Crippen LogP contribution in [-0.4, -0.2) is 19.4 Å². The molecule has 0 fully saturated rings. The molecule has 22 heavy (non-hydrogen) atoms. The molecule has 0 radical (unpaired) electrons. The molecule has 0 amide bonds. The summed E-state index contributed by atoms with van der Waals surface area (Å²) in [6.45, 7) is 2.07. The normalized spacial score (nSPS) is 10.5. The number of benzene rings is 1. The molecule has 0 aliphatic rings. The number of nitrogens with zero attached hydrogens (tertiary/aromatic N) is 4. The maximum absolute atomic E-state index is 10.8. The van der Waals surface area contributed by atoms with E-state index in [-0.39, 0.29) is 28.9 Å². The number of halogens is 1. The minimum absolute atomic E-state index is 0.0424. The molecule has 10 heteroatoms. The molecule has 0 spiro atoms. The van der Waals surface area contributed by atoms with E-state index in [4.69, 9.17) is 16.3 Å². The number of imidazole rings is 1. The Kier molecular flexibility index (Phi) is 4.56. The Morgan fingerprint density at radius 2 is 2.05 bits per heavy atom. The van der Waals surface area contributed by atoms with Gasteiger partial charge in [-0.15, -0.1) is 0 Å². The van der Waals surface area contributed by atoms with Crippen molar-refractivity contribution in [2.45, 2.75) is 20.1 Å². The fourth-order valence-corrected chi connectivity index (χ4v) is 2.10. The Hall–Kier alpha value is -2.68. The van der Waals surface area contributed by atoms with Gasteiger partial charge in [-0.2, -0.15) is 0 Å². The van der Waals surface area contributed by atoms with Crippen LogP contribution in [0.25, 0.3) is 0 Å². The second-order valence-electron chi connectivity index (χ2n) is 4.19. The van der Waals surface area contributed by atoms with Crippen molar-refractivity contribution in [1.29, 1.82) is 0 Å². The zero-order chi connectivity index (χ0) is 16.3. The Labute approximate surface area is 129 Å². The highest BCUT2D eigenvalue weighted by Crippen LogP contribution is 2.29.